The Balaban J connectivity index is 0.000000226. The molecule has 0 saturated carbocycles. The predicted octanol–water partition coefficient (Wildman–Crippen LogP) is 3.95. The molecule has 0 bridgehead atoms. The summed E-state index contributed by atoms with van der Waals surface area (Å²) in [6.45, 7) is 2.13. The quantitative estimate of drug-likeness (QED) is 0.424. The number of phenolic OH excluding ortho intramolecular Hbond substituents is 1. The van der Waals surface area contributed by atoms with Gasteiger partial charge in [0.2, 0.25) is 21.8 Å². The predicted molar refractivity (Wildman–Crippen MR) is 121 cm³/mol. The van der Waals surface area contributed by atoms with Gasteiger partial charge in [-0.05, 0) is 89.7 Å². The number of nitrogens with one attached hydrogen (secondary N) is 1. The van der Waals surface area contributed by atoms with Crippen molar-refractivity contribution < 1.29 is 9.90 Å². The summed E-state index contributed by atoms with van der Waals surface area (Å²) in [5.41, 5.74) is 13.4. The lowest BCUT2D eigenvalue weighted by molar-refractivity contribution is -0.114. The van der Waals surface area contributed by atoms with Gasteiger partial charge in [-0.15, -0.1) is 0 Å². The lowest BCUT2D eigenvalue weighted by Gasteiger charge is -2.00. The van der Waals surface area contributed by atoms with Gasteiger partial charge in [0.25, 0.3) is 0 Å². The van der Waals surface area contributed by atoms with Crippen LogP contribution in [0.15, 0.2) is 48.5 Å². The Labute approximate surface area is 189 Å². The Bertz CT molecular complexity index is 874. The van der Waals surface area contributed by atoms with Gasteiger partial charge in [0, 0.05) is 18.3 Å². The second kappa shape index (κ2) is 13.6. The SMILES string of the molecule is CC(=O)Nc1ccc(N)cc1.Clc1nc(Cl)nc(Cl)n1.NCCc1ccc(O)cc1. The van der Waals surface area contributed by atoms with Crippen LogP contribution in [0.2, 0.25) is 15.9 Å². The van der Waals surface area contributed by atoms with Gasteiger partial charge in [0.1, 0.15) is 5.75 Å². The van der Waals surface area contributed by atoms with E-state index in [4.69, 9.17) is 51.4 Å². The summed E-state index contributed by atoms with van der Waals surface area (Å²) in [4.78, 5) is 20.9. The molecule has 160 valence electrons. The molecule has 0 unspecified atom stereocenters. The summed E-state index contributed by atoms with van der Waals surface area (Å²) >= 11 is 16.0. The van der Waals surface area contributed by atoms with E-state index in [2.05, 4.69) is 20.3 Å². The average molecular weight is 472 g/mol. The molecule has 1 amide bonds. The largest absolute Gasteiger partial charge is 0.508 e. The maximum atomic E-state index is 10.6. The molecule has 0 aliphatic carbocycles. The third-order valence-electron chi connectivity index (χ3n) is 3.15. The van der Waals surface area contributed by atoms with E-state index in [0.29, 0.717) is 18.0 Å². The third kappa shape index (κ3) is 11.4. The zero-order valence-electron chi connectivity index (χ0n) is 16.0. The maximum absolute atomic E-state index is 10.6. The minimum Gasteiger partial charge on any atom is -0.508 e. The number of nitrogens with two attached hydrogens (primary N) is 2. The highest BCUT2D eigenvalue weighted by Gasteiger charge is 1.97. The van der Waals surface area contributed by atoms with Crippen molar-refractivity contribution in [1.29, 1.82) is 0 Å². The molecular weight excluding hydrogens is 451 g/mol. The van der Waals surface area contributed by atoms with Crippen molar-refractivity contribution in [3.05, 3.63) is 69.9 Å². The van der Waals surface area contributed by atoms with E-state index >= 15 is 0 Å². The molecule has 3 rings (SSSR count). The van der Waals surface area contributed by atoms with E-state index in [0.717, 1.165) is 12.1 Å². The number of nitrogens with zero attached hydrogens (tertiary/aromatic N) is 3. The van der Waals surface area contributed by atoms with E-state index < -0.39 is 0 Å². The van der Waals surface area contributed by atoms with E-state index in [1.807, 2.05) is 12.1 Å². The molecule has 6 N–H and O–H groups in total. The highest BCUT2D eigenvalue weighted by molar-refractivity contribution is 6.33. The van der Waals surface area contributed by atoms with Crippen LogP contribution in [-0.2, 0) is 11.2 Å². The molecular formula is C19H21Cl3N6O2. The summed E-state index contributed by atoms with van der Waals surface area (Å²) in [5, 5.41) is 11.5. The van der Waals surface area contributed by atoms with Crippen LogP contribution in [0.4, 0.5) is 11.4 Å². The van der Waals surface area contributed by atoms with Crippen LogP contribution in [0.1, 0.15) is 12.5 Å². The number of aromatic nitrogens is 3. The summed E-state index contributed by atoms with van der Waals surface area (Å²) in [5.74, 6) is 0.232. The fourth-order valence-electron chi connectivity index (χ4n) is 1.90. The monoisotopic (exact) mass is 470 g/mol. The number of halogens is 3. The van der Waals surface area contributed by atoms with Gasteiger partial charge in [0.05, 0.1) is 0 Å². The van der Waals surface area contributed by atoms with Crippen molar-refractivity contribution >= 4 is 52.1 Å². The molecule has 0 aliphatic rings. The fourth-order valence-corrected chi connectivity index (χ4v) is 2.51. The number of phenols is 1. The molecule has 0 spiro atoms. The number of anilines is 2. The molecule has 1 aromatic heterocycles. The van der Waals surface area contributed by atoms with Crippen LogP contribution < -0.4 is 16.8 Å². The lowest BCUT2D eigenvalue weighted by Crippen LogP contribution is -2.05. The topological polar surface area (TPSA) is 140 Å². The van der Waals surface area contributed by atoms with Crippen molar-refractivity contribution in [2.75, 3.05) is 17.6 Å². The zero-order valence-corrected chi connectivity index (χ0v) is 18.3. The van der Waals surface area contributed by atoms with Crippen molar-refractivity contribution in [1.82, 2.24) is 15.0 Å². The average Bonchev–Trinajstić information content (AvgIpc) is 2.65. The molecule has 0 atom stereocenters. The van der Waals surface area contributed by atoms with Crippen LogP contribution in [0, 0.1) is 0 Å². The minimum atomic E-state index is -0.0743. The zero-order chi connectivity index (χ0) is 22.5. The first-order valence-corrected chi connectivity index (χ1v) is 9.66. The van der Waals surface area contributed by atoms with Gasteiger partial charge in [-0.2, -0.15) is 15.0 Å². The smallest absolute Gasteiger partial charge is 0.227 e. The Hall–Kier alpha value is -2.65. The van der Waals surface area contributed by atoms with Crippen LogP contribution in [0.25, 0.3) is 0 Å². The Morgan fingerprint density at radius 3 is 1.80 bits per heavy atom. The highest BCUT2D eigenvalue weighted by Crippen LogP contribution is 2.10. The summed E-state index contributed by atoms with van der Waals surface area (Å²) in [7, 11) is 0. The molecule has 0 aliphatic heterocycles. The second-order valence-electron chi connectivity index (χ2n) is 5.65. The van der Waals surface area contributed by atoms with E-state index in [-0.39, 0.29) is 21.8 Å². The van der Waals surface area contributed by atoms with Crippen molar-refractivity contribution in [2.24, 2.45) is 5.73 Å². The number of carbonyl (C=O) groups excluding carboxylic acids is 1. The normalized spacial score (nSPS) is 9.50. The van der Waals surface area contributed by atoms with Crippen LogP contribution in [0.5, 0.6) is 5.75 Å². The van der Waals surface area contributed by atoms with Gasteiger partial charge < -0.3 is 21.9 Å². The molecule has 0 saturated heterocycles. The number of hydrogen-bond donors (Lipinski definition) is 4. The van der Waals surface area contributed by atoms with E-state index in [9.17, 15) is 4.79 Å². The Kier molecular flexibility index (Phi) is 11.5. The molecule has 1 heterocycles. The minimum absolute atomic E-state index is 0.000000000000000444. The summed E-state index contributed by atoms with van der Waals surface area (Å²) < 4.78 is 0. The van der Waals surface area contributed by atoms with Crippen LogP contribution in [-0.4, -0.2) is 32.5 Å². The van der Waals surface area contributed by atoms with Crippen molar-refractivity contribution in [3.8, 4) is 5.75 Å². The maximum Gasteiger partial charge on any atom is 0.227 e. The van der Waals surface area contributed by atoms with Gasteiger partial charge in [-0.1, -0.05) is 12.1 Å². The molecule has 3 aromatic rings. The summed E-state index contributed by atoms with van der Waals surface area (Å²) in [6, 6.07) is 14.1. The van der Waals surface area contributed by atoms with Gasteiger partial charge in [-0.3, -0.25) is 4.79 Å². The van der Waals surface area contributed by atoms with Gasteiger partial charge >= 0.3 is 0 Å². The molecule has 2 aromatic carbocycles. The summed E-state index contributed by atoms with van der Waals surface area (Å²) in [6.07, 6.45) is 0.875. The molecule has 30 heavy (non-hydrogen) atoms. The molecule has 11 heteroatoms. The first-order valence-electron chi connectivity index (χ1n) is 8.53. The van der Waals surface area contributed by atoms with E-state index in [1.54, 1.807) is 36.4 Å². The number of carbonyl (C=O) groups is 1. The Morgan fingerprint density at radius 2 is 1.40 bits per heavy atom. The lowest BCUT2D eigenvalue weighted by atomic mass is 10.1. The van der Waals surface area contributed by atoms with Gasteiger partial charge in [-0.25, -0.2) is 0 Å². The number of hydrogen-bond acceptors (Lipinski definition) is 7. The highest BCUT2D eigenvalue weighted by atomic mass is 35.5. The van der Waals surface area contributed by atoms with Crippen molar-refractivity contribution in [2.45, 2.75) is 13.3 Å². The number of nitrogen functional groups attached to an aromatic ring is 1. The van der Waals surface area contributed by atoms with Crippen LogP contribution in [0.3, 0.4) is 0 Å². The molecule has 0 fully saturated rings. The third-order valence-corrected chi connectivity index (χ3v) is 3.66. The molecule has 0 radical (unpaired) electrons. The van der Waals surface area contributed by atoms with E-state index in [1.165, 1.54) is 12.5 Å². The first-order chi connectivity index (χ1) is 14.2. The van der Waals surface area contributed by atoms with Crippen LogP contribution >= 0.6 is 34.8 Å². The second-order valence-corrected chi connectivity index (χ2v) is 6.67. The molecule has 8 nitrogen and oxygen atoms in total. The Morgan fingerprint density at radius 1 is 0.933 bits per heavy atom. The first kappa shape index (κ1) is 25.4. The number of amides is 1. The number of aromatic hydroxyl groups is 1. The number of benzene rings is 2. The van der Waals surface area contributed by atoms with Crippen molar-refractivity contribution in [3.63, 3.8) is 0 Å². The number of rotatable bonds is 3. The fraction of sp³-hybridized carbons (Fsp3) is 0.158. The standard InChI is InChI=1S/C8H10N2O.C8H11NO.C3Cl3N3/c1-6(11)10-8-4-2-7(9)3-5-8;9-6-5-7-1-3-8(10)4-2-7;4-1-7-2(5)9-3(6)8-1/h2-5H,9H2,1H3,(H,10,11);1-4,10H,5-6,9H2;. The van der Waals surface area contributed by atoms with Gasteiger partial charge in [0.15, 0.2) is 0 Å².